The third-order valence-corrected chi connectivity index (χ3v) is 5.07. The van der Waals surface area contributed by atoms with E-state index in [1.54, 1.807) is 13.0 Å². The number of hydrogen-bond donors (Lipinski definition) is 0. The van der Waals surface area contributed by atoms with Crippen LogP contribution in [0.25, 0.3) is 0 Å². The van der Waals surface area contributed by atoms with Crippen molar-refractivity contribution < 1.29 is 32.2 Å². The summed E-state index contributed by atoms with van der Waals surface area (Å²) in [6.07, 6.45) is -0.847. The third kappa shape index (κ3) is 2.93. The molecule has 4 rings (SSSR count). The van der Waals surface area contributed by atoms with Crippen LogP contribution in [0.2, 0.25) is 0 Å². The molecule has 1 fully saturated rings. The summed E-state index contributed by atoms with van der Waals surface area (Å²) in [5.74, 6) is -1.45. The van der Waals surface area contributed by atoms with Crippen LogP contribution in [0.1, 0.15) is 34.8 Å². The fourth-order valence-corrected chi connectivity index (χ4v) is 3.54. The lowest BCUT2D eigenvalue weighted by atomic mass is 10.2. The van der Waals surface area contributed by atoms with Gasteiger partial charge in [-0.25, -0.2) is 13.6 Å². The molecule has 2 aromatic rings. The molecule has 1 aromatic heterocycles. The molecule has 0 saturated carbocycles. The van der Waals surface area contributed by atoms with Gasteiger partial charge in [-0.3, -0.25) is 4.90 Å². The second-order valence-electron chi connectivity index (χ2n) is 6.78. The Morgan fingerprint density at radius 1 is 1.19 bits per heavy atom. The SMILES string of the molecule is COC(=O)c1oc(C(C)N2C[C@@H]3Oc4c(F)ccc(F)c4O[C@@H]3C2)cc1C. The Bertz CT molecular complexity index is 857. The van der Waals surface area contributed by atoms with Gasteiger partial charge in [-0.2, -0.15) is 0 Å². The van der Waals surface area contributed by atoms with Crippen molar-refractivity contribution in [1.82, 2.24) is 4.90 Å². The summed E-state index contributed by atoms with van der Waals surface area (Å²) in [5, 5.41) is 0. The van der Waals surface area contributed by atoms with Crippen molar-refractivity contribution in [2.24, 2.45) is 0 Å². The molecule has 6 nitrogen and oxygen atoms in total. The number of furan rings is 1. The number of fused-ring (bicyclic) bond motifs is 2. The van der Waals surface area contributed by atoms with Gasteiger partial charge in [-0.05, 0) is 32.0 Å². The number of ether oxygens (including phenoxy) is 3. The molecule has 0 bridgehead atoms. The number of carbonyl (C=O) groups is 1. The quantitative estimate of drug-likeness (QED) is 0.763. The minimum absolute atomic E-state index is 0.167. The number of likely N-dealkylation sites (tertiary alicyclic amines) is 1. The molecule has 8 heteroatoms. The molecule has 3 atom stereocenters. The Kier molecular flexibility index (Phi) is 4.30. The highest BCUT2D eigenvalue weighted by molar-refractivity contribution is 5.87. The van der Waals surface area contributed by atoms with Gasteiger partial charge in [0.2, 0.25) is 17.3 Å². The van der Waals surface area contributed by atoms with Crippen LogP contribution in [0, 0.1) is 18.6 Å². The Balaban J connectivity index is 1.53. The van der Waals surface area contributed by atoms with Crippen LogP contribution in [0.5, 0.6) is 11.5 Å². The van der Waals surface area contributed by atoms with Crippen LogP contribution in [-0.4, -0.2) is 43.3 Å². The predicted octanol–water partition coefficient (Wildman–Crippen LogP) is 3.24. The minimum Gasteiger partial charge on any atom is -0.478 e. The topological polar surface area (TPSA) is 61.1 Å². The van der Waals surface area contributed by atoms with E-state index in [-0.39, 0.29) is 23.3 Å². The summed E-state index contributed by atoms with van der Waals surface area (Å²) >= 11 is 0. The lowest BCUT2D eigenvalue weighted by Gasteiger charge is -2.28. The number of hydrogen-bond acceptors (Lipinski definition) is 6. The maximum absolute atomic E-state index is 13.9. The number of methoxy groups -OCH3 is 1. The van der Waals surface area contributed by atoms with E-state index >= 15 is 0 Å². The van der Waals surface area contributed by atoms with Gasteiger partial charge in [-0.15, -0.1) is 0 Å². The van der Waals surface area contributed by atoms with Gasteiger partial charge in [0.15, 0.2) is 11.6 Å². The molecule has 2 aliphatic heterocycles. The largest absolute Gasteiger partial charge is 0.478 e. The van der Waals surface area contributed by atoms with Crippen LogP contribution in [0.15, 0.2) is 22.6 Å². The molecule has 2 aliphatic rings. The first-order valence-electron chi connectivity index (χ1n) is 8.63. The molecule has 1 aromatic carbocycles. The molecule has 0 N–H and O–H groups in total. The van der Waals surface area contributed by atoms with E-state index in [1.807, 2.05) is 11.8 Å². The molecule has 1 unspecified atom stereocenters. The molecule has 144 valence electrons. The zero-order valence-corrected chi connectivity index (χ0v) is 15.1. The summed E-state index contributed by atoms with van der Waals surface area (Å²) in [5.41, 5.74) is 0.685. The first kappa shape index (κ1) is 17.8. The van der Waals surface area contributed by atoms with E-state index in [1.165, 1.54) is 7.11 Å². The average Bonchev–Trinajstić information content (AvgIpc) is 3.25. The lowest BCUT2D eigenvalue weighted by molar-refractivity contribution is 0.0467. The molecule has 0 radical (unpaired) electrons. The van der Waals surface area contributed by atoms with E-state index in [0.29, 0.717) is 24.4 Å². The normalized spacial score (nSPS) is 22.4. The Hall–Kier alpha value is -2.61. The molecule has 27 heavy (non-hydrogen) atoms. The van der Waals surface area contributed by atoms with Crippen LogP contribution in [0.3, 0.4) is 0 Å². The van der Waals surface area contributed by atoms with Crippen LogP contribution < -0.4 is 9.47 Å². The number of carbonyl (C=O) groups excluding carboxylic acids is 1. The van der Waals surface area contributed by atoms with Crippen LogP contribution in [0.4, 0.5) is 8.78 Å². The highest BCUT2D eigenvalue weighted by atomic mass is 19.1. The second kappa shape index (κ2) is 6.53. The number of esters is 1. The van der Waals surface area contributed by atoms with Crippen molar-refractivity contribution >= 4 is 5.97 Å². The number of halogens is 2. The summed E-state index contributed by atoms with van der Waals surface area (Å²) in [6, 6.07) is 3.65. The Morgan fingerprint density at radius 3 is 2.26 bits per heavy atom. The van der Waals surface area contributed by atoms with E-state index in [4.69, 9.17) is 18.6 Å². The van der Waals surface area contributed by atoms with Crippen molar-refractivity contribution in [2.45, 2.75) is 32.1 Å². The fraction of sp³-hybridized carbons (Fsp3) is 0.421. The first-order chi connectivity index (χ1) is 12.9. The number of benzene rings is 1. The Labute approximate surface area is 154 Å². The molecular weight excluding hydrogens is 360 g/mol. The molecule has 0 aliphatic carbocycles. The van der Waals surface area contributed by atoms with Gasteiger partial charge in [0.25, 0.3) is 0 Å². The lowest BCUT2D eigenvalue weighted by Crippen LogP contribution is -2.39. The first-order valence-corrected chi connectivity index (χ1v) is 8.63. The van der Waals surface area contributed by atoms with Gasteiger partial charge in [0.1, 0.15) is 18.0 Å². The van der Waals surface area contributed by atoms with Crippen molar-refractivity contribution in [3.05, 3.63) is 46.9 Å². The van der Waals surface area contributed by atoms with Crippen molar-refractivity contribution in [3.63, 3.8) is 0 Å². The molecule has 0 amide bonds. The molecular formula is C19H19F2NO5. The number of nitrogens with zero attached hydrogens (tertiary/aromatic N) is 1. The molecule has 0 spiro atoms. The summed E-state index contributed by atoms with van der Waals surface area (Å²) in [6.45, 7) is 4.60. The predicted molar refractivity (Wildman–Crippen MR) is 90.0 cm³/mol. The number of rotatable bonds is 3. The summed E-state index contributed by atoms with van der Waals surface area (Å²) in [7, 11) is 1.29. The van der Waals surface area contributed by atoms with Gasteiger partial charge in [-0.1, -0.05) is 0 Å². The summed E-state index contributed by atoms with van der Waals surface area (Å²) in [4.78, 5) is 13.8. The zero-order valence-electron chi connectivity index (χ0n) is 15.1. The smallest absolute Gasteiger partial charge is 0.374 e. The van der Waals surface area contributed by atoms with Gasteiger partial charge >= 0.3 is 5.97 Å². The van der Waals surface area contributed by atoms with Crippen molar-refractivity contribution in [2.75, 3.05) is 20.2 Å². The van der Waals surface area contributed by atoms with E-state index in [2.05, 4.69) is 0 Å². The molecule has 1 saturated heterocycles. The number of aryl methyl sites for hydroxylation is 1. The standard InChI is InChI=1S/C19H19F2NO5/c1-9-6-13(25-16(9)19(23)24-3)10(2)22-7-14-15(8-22)27-18-12(21)5-4-11(20)17(18)26-14/h4-6,10,14-15H,7-8H2,1-3H3/t10?,14-,15+. The van der Waals surface area contributed by atoms with Crippen molar-refractivity contribution in [3.8, 4) is 11.5 Å². The Morgan fingerprint density at radius 2 is 1.74 bits per heavy atom. The van der Waals surface area contributed by atoms with E-state index in [9.17, 15) is 13.6 Å². The monoisotopic (exact) mass is 379 g/mol. The molecule has 3 heterocycles. The fourth-order valence-electron chi connectivity index (χ4n) is 3.54. The van der Waals surface area contributed by atoms with Gasteiger partial charge in [0.05, 0.1) is 13.2 Å². The highest BCUT2D eigenvalue weighted by Gasteiger charge is 2.44. The van der Waals surface area contributed by atoms with Crippen molar-refractivity contribution in [1.29, 1.82) is 0 Å². The summed E-state index contributed by atoms with van der Waals surface area (Å²) < 4.78 is 49.6. The maximum atomic E-state index is 13.9. The van der Waals surface area contributed by atoms with Gasteiger partial charge < -0.3 is 18.6 Å². The third-order valence-electron chi connectivity index (χ3n) is 5.07. The van der Waals surface area contributed by atoms with Crippen LogP contribution in [-0.2, 0) is 4.74 Å². The highest BCUT2D eigenvalue weighted by Crippen LogP contribution is 2.41. The van der Waals surface area contributed by atoms with E-state index in [0.717, 1.165) is 12.1 Å². The second-order valence-corrected chi connectivity index (χ2v) is 6.78. The average molecular weight is 379 g/mol. The zero-order chi connectivity index (χ0) is 19.3. The minimum atomic E-state index is -0.652. The van der Waals surface area contributed by atoms with Gasteiger partial charge in [0, 0.05) is 18.7 Å². The maximum Gasteiger partial charge on any atom is 0.374 e. The van der Waals surface area contributed by atoms with E-state index < -0.39 is 29.8 Å². The van der Waals surface area contributed by atoms with Crippen LogP contribution >= 0.6 is 0 Å².